The van der Waals surface area contributed by atoms with E-state index in [2.05, 4.69) is 27.0 Å². The number of para-hydroxylation sites is 1. The number of halogens is 1. The van der Waals surface area contributed by atoms with Gasteiger partial charge in [-0.2, -0.15) is 0 Å². The number of aromatic nitrogens is 3. The van der Waals surface area contributed by atoms with Crippen LogP contribution in [0.15, 0.2) is 61.5 Å². The van der Waals surface area contributed by atoms with Crippen LogP contribution in [0.2, 0.25) is 0 Å². The maximum Gasteiger partial charge on any atom is 0.173 e. The zero-order chi connectivity index (χ0) is 26.7. The van der Waals surface area contributed by atoms with E-state index in [1.165, 1.54) is 6.08 Å². The fourth-order valence-electron chi connectivity index (χ4n) is 7.12. The van der Waals surface area contributed by atoms with Crippen LogP contribution in [0.25, 0.3) is 27.9 Å². The first-order chi connectivity index (χ1) is 18.3. The lowest BCUT2D eigenvalue weighted by atomic mass is 9.55. The van der Waals surface area contributed by atoms with Crippen LogP contribution in [0.4, 0.5) is 4.39 Å². The van der Waals surface area contributed by atoms with Gasteiger partial charge in [-0.3, -0.25) is 4.98 Å². The number of pyridine rings is 1. The Morgan fingerprint density at radius 1 is 1.05 bits per heavy atom. The van der Waals surface area contributed by atoms with Crippen LogP contribution in [0.1, 0.15) is 61.7 Å². The molecule has 1 saturated carbocycles. The number of ether oxygens (including phenoxy) is 2. The second-order valence-electron chi connectivity index (χ2n) is 11.2. The van der Waals surface area contributed by atoms with Gasteiger partial charge in [0.2, 0.25) is 0 Å². The molecule has 3 aromatic rings. The number of nitrogens with zero attached hydrogens (tertiary/aromatic N) is 3. The molecule has 2 fully saturated rings. The number of benzene rings is 1. The Hall–Kier alpha value is -3.22. The molecule has 38 heavy (non-hydrogen) atoms. The summed E-state index contributed by atoms with van der Waals surface area (Å²) in [6, 6.07) is 10.0. The number of aryl methyl sites for hydroxylation is 1. The van der Waals surface area contributed by atoms with Gasteiger partial charge in [0, 0.05) is 45.5 Å². The van der Waals surface area contributed by atoms with Crippen LogP contribution in [-0.2, 0) is 15.9 Å². The zero-order valence-electron chi connectivity index (χ0n) is 22.4. The Morgan fingerprint density at radius 3 is 2.55 bits per heavy atom. The third-order valence-electron chi connectivity index (χ3n) is 9.01. The maximum atomic E-state index is 15.1. The summed E-state index contributed by atoms with van der Waals surface area (Å²) >= 11 is 0. The van der Waals surface area contributed by atoms with E-state index in [-0.39, 0.29) is 11.3 Å². The molecule has 1 saturated heterocycles. The molecule has 2 aliphatic carbocycles. The van der Waals surface area contributed by atoms with Gasteiger partial charge in [-0.05, 0) is 50.3 Å². The van der Waals surface area contributed by atoms with Gasteiger partial charge in [-0.1, -0.05) is 51.3 Å². The molecule has 0 bridgehead atoms. The molecule has 1 spiro atoms. The van der Waals surface area contributed by atoms with E-state index in [1.807, 2.05) is 37.3 Å². The summed E-state index contributed by atoms with van der Waals surface area (Å²) in [6.45, 7) is 15.4. The summed E-state index contributed by atoms with van der Waals surface area (Å²) in [5, 5.41) is 0.973. The largest absolute Gasteiger partial charge is 0.347 e. The molecule has 2 atom stereocenters. The van der Waals surface area contributed by atoms with Crippen LogP contribution in [-0.4, -0.2) is 34.0 Å². The smallest absolute Gasteiger partial charge is 0.173 e. The molecule has 1 aromatic carbocycles. The average molecular weight is 512 g/mol. The van der Waals surface area contributed by atoms with Gasteiger partial charge in [0.05, 0.1) is 30.1 Å². The molecule has 2 unspecified atom stereocenters. The van der Waals surface area contributed by atoms with Crippen LogP contribution in [0.5, 0.6) is 0 Å². The first kappa shape index (κ1) is 25.1. The predicted octanol–water partition coefficient (Wildman–Crippen LogP) is 7.26. The minimum atomic E-state index is -0.552. The summed E-state index contributed by atoms with van der Waals surface area (Å²) in [5.74, 6) is 0.113. The van der Waals surface area contributed by atoms with Gasteiger partial charge in [0.25, 0.3) is 0 Å². The van der Waals surface area contributed by atoms with Gasteiger partial charge in [-0.15, -0.1) is 0 Å². The van der Waals surface area contributed by atoms with Gasteiger partial charge >= 0.3 is 0 Å². The van der Waals surface area contributed by atoms with Gasteiger partial charge in [0.1, 0.15) is 5.83 Å². The summed E-state index contributed by atoms with van der Waals surface area (Å²) in [4.78, 5) is 15.0. The lowest BCUT2D eigenvalue weighted by molar-refractivity contribution is -0.267. The Balaban J connectivity index is 1.59. The van der Waals surface area contributed by atoms with Crippen LogP contribution < -0.4 is 0 Å². The molecule has 6 rings (SSSR count). The van der Waals surface area contributed by atoms with Crippen LogP contribution in [0.3, 0.4) is 0 Å². The Bertz CT molecular complexity index is 1490. The second-order valence-corrected chi connectivity index (χ2v) is 11.2. The van der Waals surface area contributed by atoms with Crippen molar-refractivity contribution < 1.29 is 13.9 Å². The lowest BCUT2D eigenvalue weighted by Gasteiger charge is -2.55. The van der Waals surface area contributed by atoms with E-state index in [4.69, 9.17) is 24.4 Å². The third kappa shape index (κ3) is 3.69. The quantitative estimate of drug-likeness (QED) is 0.345. The molecule has 2 aromatic heterocycles. The van der Waals surface area contributed by atoms with Crippen molar-refractivity contribution in [2.45, 2.75) is 58.2 Å². The molecule has 3 heterocycles. The molecule has 3 aliphatic rings. The Morgan fingerprint density at radius 2 is 1.82 bits per heavy atom. The van der Waals surface area contributed by atoms with Crippen LogP contribution >= 0.6 is 0 Å². The summed E-state index contributed by atoms with van der Waals surface area (Å²) in [7, 11) is 0. The van der Waals surface area contributed by atoms with Crippen molar-refractivity contribution in [2.75, 3.05) is 13.2 Å². The van der Waals surface area contributed by atoms with E-state index < -0.39 is 11.6 Å². The Labute approximate surface area is 223 Å². The fourth-order valence-corrected chi connectivity index (χ4v) is 7.12. The van der Waals surface area contributed by atoms with Gasteiger partial charge in [-0.25, -0.2) is 14.4 Å². The highest BCUT2D eigenvalue weighted by molar-refractivity contribution is 5.93. The van der Waals surface area contributed by atoms with Crippen molar-refractivity contribution in [3.63, 3.8) is 0 Å². The van der Waals surface area contributed by atoms with Gasteiger partial charge < -0.3 is 9.47 Å². The van der Waals surface area contributed by atoms with Crippen molar-refractivity contribution in [2.24, 2.45) is 11.3 Å². The highest BCUT2D eigenvalue weighted by Crippen LogP contribution is 2.60. The summed E-state index contributed by atoms with van der Waals surface area (Å²) in [6.07, 6.45) is 6.16. The maximum absolute atomic E-state index is 15.1. The van der Waals surface area contributed by atoms with Crippen molar-refractivity contribution in [3.8, 4) is 11.4 Å². The average Bonchev–Trinajstić information content (AvgIpc) is 3.41. The van der Waals surface area contributed by atoms with Crippen molar-refractivity contribution in [1.82, 2.24) is 15.0 Å². The molecule has 196 valence electrons. The molecular formula is C32H34FN3O2. The van der Waals surface area contributed by atoms with Crippen molar-refractivity contribution in [1.29, 1.82) is 0 Å². The SMILES string of the molecule is C=C/C(F)=C(\C=C)c1nc(-c2cc(C)nc3ccccc23)nc2c1CCC1C2CCC2(OCCO2)C1(C)C. The highest BCUT2D eigenvalue weighted by atomic mass is 19.1. The van der Waals surface area contributed by atoms with E-state index >= 15 is 4.39 Å². The summed E-state index contributed by atoms with van der Waals surface area (Å²) < 4.78 is 27.7. The minimum absolute atomic E-state index is 0.194. The third-order valence-corrected chi connectivity index (χ3v) is 9.01. The molecule has 1 aliphatic heterocycles. The Kier molecular flexibility index (Phi) is 6.08. The second kappa shape index (κ2) is 9.21. The van der Waals surface area contributed by atoms with Crippen molar-refractivity contribution >= 4 is 16.5 Å². The molecule has 5 nitrogen and oxygen atoms in total. The fraction of sp³-hybridized carbons (Fsp3) is 0.406. The number of hydrogen-bond acceptors (Lipinski definition) is 5. The normalized spacial score (nSPS) is 24.0. The minimum Gasteiger partial charge on any atom is -0.347 e. The van der Waals surface area contributed by atoms with Crippen LogP contribution in [0, 0.1) is 18.3 Å². The zero-order valence-corrected chi connectivity index (χ0v) is 22.4. The number of allylic oxidation sites excluding steroid dienone is 4. The van der Waals surface area contributed by atoms with Crippen molar-refractivity contribution in [3.05, 3.63) is 84.1 Å². The molecule has 0 N–H and O–H groups in total. The van der Waals surface area contributed by atoms with E-state index in [0.29, 0.717) is 36.2 Å². The highest BCUT2D eigenvalue weighted by Gasteiger charge is 2.59. The first-order valence-electron chi connectivity index (χ1n) is 13.5. The molecule has 0 radical (unpaired) electrons. The van der Waals surface area contributed by atoms with E-state index in [0.717, 1.165) is 59.1 Å². The monoisotopic (exact) mass is 511 g/mol. The van der Waals surface area contributed by atoms with Gasteiger partial charge in [0.15, 0.2) is 11.6 Å². The summed E-state index contributed by atoms with van der Waals surface area (Å²) in [5.41, 5.74) is 5.47. The standard InChI is InChI=1S/C32H34FN3O2/c1-6-20(26(33)7-2)28-23-12-13-25-22(14-15-32(31(25,4)5)37-16-17-38-32)29(23)36-30(35-28)24-18-19(3)34-27-11-9-8-10-21(24)27/h6-11,18,22,25H,1-2,12-17H2,3-5H3/b26-20-. The molecule has 0 amide bonds. The van der Waals surface area contributed by atoms with E-state index in [1.54, 1.807) is 6.08 Å². The number of rotatable bonds is 4. The first-order valence-corrected chi connectivity index (χ1v) is 13.5. The number of hydrogen-bond donors (Lipinski definition) is 0. The lowest BCUT2D eigenvalue weighted by Crippen LogP contribution is -2.56. The molecular weight excluding hydrogens is 477 g/mol. The predicted molar refractivity (Wildman–Crippen MR) is 148 cm³/mol. The molecule has 6 heteroatoms. The number of fused-ring (bicyclic) bond motifs is 4. The topological polar surface area (TPSA) is 57.1 Å². The van der Waals surface area contributed by atoms with E-state index in [9.17, 15) is 0 Å².